The van der Waals surface area contributed by atoms with Crippen molar-refractivity contribution >= 4 is 44.7 Å². The Labute approximate surface area is 257 Å². The molecule has 1 saturated heterocycles. The predicted octanol–water partition coefficient (Wildman–Crippen LogP) is 6.71. The van der Waals surface area contributed by atoms with E-state index in [0.717, 1.165) is 62.6 Å². The number of benzene rings is 3. The normalized spacial score (nSPS) is 16.7. The first-order valence-corrected chi connectivity index (χ1v) is 16.0. The van der Waals surface area contributed by atoms with E-state index in [1.807, 2.05) is 24.3 Å². The fourth-order valence-electron chi connectivity index (χ4n) is 6.12. The van der Waals surface area contributed by atoms with Crippen molar-refractivity contribution in [3.8, 4) is 5.75 Å². The van der Waals surface area contributed by atoms with Crippen molar-refractivity contribution in [1.82, 2.24) is 4.90 Å². The van der Waals surface area contributed by atoms with Crippen LogP contribution in [-0.4, -0.2) is 62.8 Å². The van der Waals surface area contributed by atoms with Crippen LogP contribution in [0.1, 0.15) is 49.0 Å². The summed E-state index contributed by atoms with van der Waals surface area (Å²) >= 11 is 1.80. The van der Waals surface area contributed by atoms with Crippen molar-refractivity contribution in [3.05, 3.63) is 89.3 Å². The molecule has 3 aromatic carbocycles. The van der Waals surface area contributed by atoms with Gasteiger partial charge in [-0.25, -0.2) is 4.79 Å². The molecule has 0 atom stereocenters. The molecule has 4 aromatic rings. The van der Waals surface area contributed by atoms with Crippen LogP contribution >= 0.6 is 11.3 Å². The minimum absolute atomic E-state index is 0.0670. The van der Waals surface area contributed by atoms with Crippen LogP contribution in [-0.2, 0) is 14.9 Å². The van der Waals surface area contributed by atoms with Gasteiger partial charge in [0.15, 0.2) is 6.73 Å². The number of esters is 1. The molecular weight excluding hydrogens is 558 g/mol. The summed E-state index contributed by atoms with van der Waals surface area (Å²) in [6, 6.07) is 23.6. The van der Waals surface area contributed by atoms with Crippen LogP contribution in [0.4, 0.5) is 11.4 Å². The van der Waals surface area contributed by atoms with Gasteiger partial charge >= 0.3 is 5.97 Å². The molecule has 43 heavy (non-hydrogen) atoms. The van der Waals surface area contributed by atoms with Gasteiger partial charge in [-0.2, -0.15) is 0 Å². The average molecular weight is 598 g/mol. The maximum Gasteiger partial charge on any atom is 0.339 e. The van der Waals surface area contributed by atoms with Gasteiger partial charge in [-0.05, 0) is 66.7 Å². The van der Waals surface area contributed by atoms with E-state index in [1.165, 1.54) is 15.8 Å². The van der Waals surface area contributed by atoms with E-state index in [0.29, 0.717) is 18.6 Å². The Morgan fingerprint density at radius 1 is 0.907 bits per heavy atom. The number of hydrogen-bond donors (Lipinski definition) is 0. The molecular formula is C35H39N3O4S. The van der Waals surface area contributed by atoms with Crippen molar-refractivity contribution in [1.29, 1.82) is 0 Å². The van der Waals surface area contributed by atoms with Gasteiger partial charge < -0.3 is 14.4 Å². The maximum atomic E-state index is 13.1. The molecule has 6 rings (SSSR count). The van der Waals surface area contributed by atoms with Gasteiger partial charge in [0, 0.05) is 59.9 Å². The molecule has 0 unspecified atom stereocenters. The van der Waals surface area contributed by atoms with Gasteiger partial charge in [-0.3, -0.25) is 14.6 Å². The van der Waals surface area contributed by atoms with Crippen molar-refractivity contribution < 1.29 is 19.1 Å². The minimum Gasteiger partial charge on any atom is -0.494 e. The highest BCUT2D eigenvalue weighted by molar-refractivity contribution is 7.17. The molecule has 1 fully saturated rings. The number of anilines is 2. The number of carbonyl (C=O) groups is 2. The fourth-order valence-corrected chi connectivity index (χ4v) is 6.92. The minimum atomic E-state index is -0.451. The van der Waals surface area contributed by atoms with Crippen LogP contribution in [0.15, 0.2) is 78.2 Å². The summed E-state index contributed by atoms with van der Waals surface area (Å²) in [5.41, 5.74) is 3.29. The number of amides is 1. The summed E-state index contributed by atoms with van der Waals surface area (Å²) in [7, 11) is 0. The summed E-state index contributed by atoms with van der Waals surface area (Å²) < 4.78 is 13.0. The van der Waals surface area contributed by atoms with Gasteiger partial charge in [-0.1, -0.05) is 44.2 Å². The van der Waals surface area contributed by atoms with Gasteiger partial charge in [0.05, 0.1) is 17.9 Å². The highest BCUT2D eigenvalue weighted by atomic mass is 32.1. The second-order valence-electron chi connectivity index (χ2n) is 12.0. The molecule has 2 aliphatic rings. The molecule has 0 bridgehead atoms. The summed E-state index contributed by atoms with van der Waals surface area (Å²) in [6.07, 6.45) is 2.37. The molecule has 3 heterocycles. The fraction of sp³-hybridized carbons (Fsp3) is 0.371. The SMILES string of the molecule is CC1(C)CC(=O)N(COC(=O)c2ccccc2)c2cc(OCCCCN3CCN(c4cccc5sccc45)CC3)ccc21. The first kappa shape index (κ1) is 29.2. The largest absolute Gasteiger partial charge is 0.494 e. The van der Waals surface area contributed by atoms with Gasteiger partial charge in [0.2, 0.25) is 5.91 Å². The van der Waals surface area contributed by atoms with Crippen molar-refractivity contribution in [2.24, 2.45) is 0 Å². The van der Waals surface area contributed by atoms with Gasteiger partial charge in [0.25, 0.3) is 0 Å². The number of thiophene rings is 1. The third-order valence-corrected chi connectivity index (χ3v) is 9.42. The first-order chi connectivity index (χ1) is 20.9. The van der Waals surface area contributed by atoms with Crippen LogP contribution in [0, 0.1) is 0 Å². The summed E-state index contributed by atoms with van der Waals surface area (Å²) in [5.74, 6) is 0.205. The lowest BCUT2D eigenvalue weighted by atomic mass is 9.77. The third-order valence-electron chi connectivity index (χ3n) is 8.54. The molecule has 224 valence electrons. The maximum absolute atomic E-state index is 13.1. The second kappa shape index (κ2) is 12.8. The number of nitrogens with zero attached hydrogens (tertiary/aromatic N) is 3. The molecule has 0 radical (unpaired) electrons. The number of hydrogen-bond acceptors (Lipinski definition) is 7. The molecule has 7 nitrogen and oxygen atoms in total. The second-order valence-corrected chi connectivity index (χ2v) is 12.9. The first-order valence-electron chi connectivity index (χ1n) is 15.1. The Bertz CT molecular complexity index is 1580. The van der Waals surface area contributed by atoms with E-state index < -0.39 is 5.97 Å². The molecule has 2 aliphatic heterocycles. The zero-order valence-corrected chi connectivity index (χ0v) is 25.8. The van der Waals surface area contributed by atoms with Crippen LogP contribution in [0.5, 0.6) is 5.75 Å². The summed E-state index contributed by atoms with van der Waals surface area (Å²) in [4.78, 5) is 32.3. The highest BCUT2D eigenvalue weighted by Crippen LogP contribution is 2.42. The van der Waals surface area contributed by atoms with Crippen LogP contribution < -0.4 is 14.5 Å². The summed E-state index contributed by atoms with van der Waals surface area (Å²) in [6.45, 7) is 9.92. The molecule has 1 amide bonds. The number of piperazine rings is 1. The third kappa shape index (κ3) is 6.55. The number of ether oxygens (including phenoxy) is 2. The smallest absolute Gasteiger partial charge is 0.339 e. The zero-order chi connectivity index (χ0) is 29.8. The molecule has 0 N–H and O–H groups in total. The lowest BCUT2D eigenvalue weighted by molar-refractivity contribution is -0.120. The quantitative estimate of drug-likeness (QED) is 0.150. The number of unbranched alkanes of at least 4 members (excludes halogenated alkanes) is 1. The Kier molecular flexibility index (Phi) is 8.68. The van der Waals surface area contributed by atoms with Crippen molar-refractivity contribution in [3.63, 3.8) is 0 Å². The predicted molar refractivity (Wildman–Crippen MR) is 174 cm³/mol. The standard InChI is InChI=1S/C35H39N3O4S/c1-35(2)24-33(39)38(25-42-34(40)26-9-4-3-5-10-26)31-23-27(13-14-29(31)35)41-21-7-6-16-36-17-19-37(20-18-36)30-11-8-12-32-28(30)15-22-43-32/h3-5,8-15,22-23H,6-7,16-21,24-25H2,1-2H3. The van der Waals surface area contributed by atoms with Crippen LogP contribution in [0.2, 0.25) is 0 Å². The molecule has 0 aliphatic carbocycles. The Balaban J connectivity index is 0.993. The molecule has 0 spiro atoms. The van der Waals surface area contributed by atoms with Crippen LogP contribution in [0.3, 0.4) is 0 Å². The van der Waals surface area contributed by atoms with E-state index in [1.54, 1.807) is 40.5 Å². The zero-order valence-electron chi connectivity index (χ0n) is 25.0. The summed E-state index contributed by atoms with van der Waals surface area (Å²) in [5, 5.41) is 3.54. The number of rotatable bonds is 10. The number of carbonyl (C=O) groups excluding carboxylic acids is 2. The monoisotopic (exact) mass is 597 g/mol. The van der Waals surface area contributed by atoms with E-state index in [-0.39, 0.29) is 18.1 Å². The topological polar surface area (TPSA) is 62.3 Å². The average Bonchev–Trinajstić information content (AvgIpc) is 3.50. The van der Waals surface area contributed by atoms with E-state index >= 15 is 0 Å². The number of fused-ring (bicyclic) bond motifs is 2. The highest BCUT2D eigenvalue weighted by Gasteiger charge is 2.37. The van der Waals surface area contributed by atoms with Gasteiger partial charge in [-0.15, -0.1) is 11.3 Å². The van der Waals surface area contributed by atoms with Gasteiger partial charge in [0.1, 0.15) is 5.75 Å². The molecule has 8 heteroatoms. The van der Waals surface area contributed by atoms with E-state index in [2.05, 4.69) is 53.3 Å². The van der Waals surface area contributed by atoms with E-state index in [9.17, 15) is 9.59 Å². The Morgan fingerprint density at radius 3 is 2.53 bits per heavy atom. The molecule has 1 aromatic heterocycles. The Morgan fingerprint density at radius 2 is 1.72 bits per heavy atom. The van der Waals surface area contributed by atoms with Crippen LogP contribution in [0.25, 0.3) is 10.1 Å². The van der Waals surface area contributed by atoms with E-state index in [4.69, 9.17) is 9.47 Å². The Hall–Kier alpha value is -3.88. The van der Waals surface area contributed by atoms with Crippen molar-refractivity contribution in [2.45, 2.75) is 38.5 Å². The lowest BCUT2D eigenvalue weighted by Gasteiger charge is -2.38. The lowest BCUT2D eigenvalue weighted by Crippen LogP contribution is -2.46. The van der Waals surface area contributed by atoms with Crippen molar-refractivity contribution in [2.75, 3.05) is 55.9 Å². The molecule has 0 saturated carbocycles.